The van der Waals surface area contributed by atoms with Crippen molar-refractivity contribution in [3.63, 3.8) is 0 Å². The van der Waals surface area contributed by atoms with Crippen molar-refractivity contribution in [1.82, 2.24) is 5.32 Å². The molecule has 0 aliphatic carbocycles. The van der Waals surface area contributed by atoms with E-state index in [1.807, 2.05) is 56.3 Å². The third kappa shape index (κ3) is 4.57. The minimum absolute atomic E-state index is 0.0622. The molecule has 0 aromatic heterocycles. The first-order valence-corrected chi connectivity index (χ1v) is 8.20. The number of nitrogens with one attached hydrogen (secondary N) is 1. The number of nitriles is 1. The van der Waals surface area contributed by atoms with E-state index < -0.39 is 24.0 Å². The highest BCUT2D eigenvalue weighted by molar-refractivity contribution is 5.89. The highest BCUT2D eigenvalue weighted by Gasteiger charge is 2.30. The Hall–Kier alpha value is -2.87. The topological polar surface area (TPSA) is 79.2 Å². The fraction of sp³-hybridized carbons (Fsp3) is 0.350. The van der Waals surface area contributed by atoms with Crippen LogP contribution < -0.4 is 5.32 Å². The van der Waals surface area contributed by atoms with Gasteiger partial charge >= 0.3 is 5.97 Å². The maximum atomic E-state index is 12.1. The molecule has 0 heterocycles. The summed E-state index contributed by atoms with van der Waals surface area (Å²) in [5, 5.41) is 13.9. The summed E-state index contributed by atoms with van der Waals surface area (Å²) in [5.74, 6) is -1.02. The van der Waals surface area contributed by atoms with Gasteiger partial charge in [-0.3, -0.25) is 9.59 Å². The van der Waals surface area contributed by atoms with Crippen LogP contribution in [-0.2, 0) is 20.7 Å². The summed E-state index contributed by atoms with van der Waals surface area (Å²) in [5.41, 5.74) is -0.133. The molecule has 1 atom stereocenters. The predicted octanol–water partition coefficient (Wildman–Crippen LogP) is 2.98. The summed E-state index contributed by atoms with van der Waals surface area (Å²) in [6, 6.07) is 15.6. The van der Waals surface area contributed by atoms with Gasteiger partial charge in [-0.1, -0.05) is 56.3 Å². The number of nitrogens with zero attached hydrogens (tertiary/aromatic N) is 1. The van der Waals surface area contributed by atoms with Gasteiger partial charge in [-0.15, -0.1) is 0 Å². The van der Waals surface area contributed by atoms with Crippen molar-refractivity contribution < 1.29 is 14.3 Å². The zero-order chi connectivity index (χ0) is 18.4. The van der Waals surface area contributed by atoms with Gasteiger partial charge in [0.1, 0.15) is 5.54 Å². The molecule has 25 heavy (non-hydrogen) atoms. The molecule has 130 valence electrons. The van der Waals surface area contributed by atoms with Crippen LogP contribution in [0.3, 0.4) is 0 Å². The van der Waals surface area contributed by atoms with Gasteiger partial charge in [0.05, 0.1) is 12.5 Å². The van der Waals surface area contributed by atoms with E-state index in [0.717, 1.165) is 16.3 Å². The fourth-order valence-electron chi connectivity index (χ4n) is 2.43. The van der Waals surface area contributed by atoms with Gasteiger partial charge in [-0.2, -0.15) is 5.26 Å². The first-order valence-electron chi connectivity index (χ1n) is 8.20. The average Bonchev–Trinajstić information content (AvgIpc) is 2.60. The van der Waals surface area contributed by atoms with Crippen LogP contribution in [0.4, 0.5) is 0 Å². The Bertz CT molecular complexity index is 818. The summed E-state index contributed by atoms with van der Waals surface area (Å²) < 4.78 is 5.07. The minimum Gasteiger partial charge on any atom is -0.455 e. The molecule has 2 aromatic carbocycles. The highest BCUT2D eigenvalue weighted by atomic mass is 16.5. The zero-order valence-corrected chi connectivity index (χ0v) is 14.7. The van der Waals surface area contributed by atoms with Crippen LogP contribution in [0.5, 0.6) is 0 Å². The van der Waals surface area contributed by atoms with E-state index in [2.05, 4.69) is 11.4 Å². The SMILES string of the molecule is CC(C)[C@](C)(C#N)NC(=O)COC(=O)Cc1cccc2ccccc12. The van der Waals surface area contributed by atoms with E-state index in [1.54, 1.807) is 6.92 Å². The van der Waals surface area contributed by atoms with Crippen LogP contribution in [0.15, 0.2) is 42.5 Å². The monoisotopic (exact) mass is 338 g/mol. The molecule has 1 N–H and O–H groups in total. The molecule has 1 amide bonds. The lowest BCUT2D eigenvalue weighted by molar-refractivity contribution is -0.148. The maximum absolute atomic E-state index is 12.1. The minimum atomic E-state index is -0.987. The lowest BCUT2D eigenvalue weighted by Gasteiger charge is -2.27. The third-order valence-electron chi connectivity index (χ3n) is 4.37. The number of hydrogen-bond acceptors (Lipinski definition) is 4. The van der Waals surface area contributed by atoms with E-state index in [1.165, 1.54) is 0 Å². The van der Waals surface area contributed by atoms with E-state index in [0.29, 0.717) is 0 Å². The lowest BCUT2D eigenvalue weighted by atomic mass is 9.90. The molecule has 0 saturated heterocycles. The van der Waals surface area contributed by atoms with Crippen molar-refractivity contribution in [3.8, 4) is 6.07 Å². The van der Waals surface area contributed by atoms with E-state index in [-0.39, 0.29) is 12.3 Å². The predicted molar refractivity (Wildman–Crippen MR) is 95.6 cm³/mol. The highest BCUT2D eigenvalue weighted by Crippen LogP contribution is 2.19. The molecule has 0 spiro atoms. The second-order valence-electron chi connectivity index (χ2n) is 6.49. The van der Waals surface area contributed by atoms with E-state index in [9.17, 15) is 14.9 Å². The molecule has 0 unspecified atom stereocenters. The zero-order valence-electron chi connectivity index (χ0n) is 14.7. The number of amides is 1. The first kappa shape index (κ1) is 18.5. The summed E-state index contributed by atoms with van der Waals surface area (Å²) in [7, 11) is 0. The molecule has 2 rings (SSSR count). The Morgan fingerprint density at radius 1 is 1.20 bits per heavy atom. The standard InChI is InChI=1S/C20H22N2O3/c1-14(2)20(3,13-21)22-18(23)12-25-19(24)11-16-9-6-8-15-7-4-5-10-17(15)16/h4-10,14H,11-12H2,1-3H3,(H,22,23)/t20-/m0/s1. The number of fused-ring (bicyclic) bond motifs is 1. The van der Waals surface area contributed by atoms with Gasteiger partial charge < -0.3 is 10.1 Å². The van der Waals surface area contributed by atoms with Gasteiger partial charge in [0.2, 0.25) is 0 Å². The number of carbonyl (C=O) groups is 2. The number of carbonyl (C=O) groups excluding carboxylic acids is 2. The lowest BCUT2D eigenvalue weighted by Crippen LogP contribution is -2.50. The van der Waals surface area contributed by atoms with Crippen LogP contribution in [-0.4, -0.2) is 24.0 Å². The smallest absolute Gasteiger partial charge is 0.310 e. The van der Waals surface area contributed by atoms with Crippen molar-refractivity contribution in [2.75, 3.05) is 6.61 Å². The molecule has 5 heteroatoms. The molecule has 0 aliphatic rings. The first-order chi connectivity index (χ1) is 11.9. The van der Waals surface area contributed by atoms with Crippen LogP contribution in [0.2, 0.25) is 0 Å². The van der Waals surface area contributed by atoms with Gasteiger partial charge in [-0.05, 0) is 29.2 Å². The normalized spacial score (nSPS) is 13.1. The van der Waals surface area contributed by atoms with Crippen LogP contribution in [0.25, 0.3) is 10.8 Å². The van der Waals surface area contributed by atoms with Crippen molar-refractivity contribution in [2.45, 2.75) is 32.7 Å². The third-order valence-corrected chi connectivity index (χ3v) is 4.37. The molecule has 0 bridgehead atoms. The van der Waals surface area contributed by atoms with Crippen molar-refractivity contribution in [2.24, 2.45) is 5.92 Å². The van der Waals surface area contributed by atoms with Gasteiger partial charge in [0.25, 0.3) is 5.91 Å². The Kier molecular flexibility index (Phi) is 5.76. The van der Waals surface area contributed by atoms with Crippen molar-refractivity contribution in [1.29, 1.82) is 5.26 Å². The fourth-order valence-corrected chi connectivity index (χ4v) is 2.43. The molecule has 0 radical (unpaired) electrons. The maximum Gasteiger partial charge on any atom is 0.310 e. The molecular weight excluding hydrogens is 316 g/mol. The Balaban J connectivity index is 1.95. The second kappa shape index (κ2) is 7.80. The molecule has 0 fully saturated rings. The van der Waals surface area contributed by atoms with Crippen molar-refractivity contribution in [3.05, 3.63) is 48.0 Å². The van der Waals surface area contributed by atoms with Crippen molar-refractivity contribution >= 4 is 22.6 Å². The van der Waals surface area contributed by atoms with E-state index in [4.69, 9.17) is 4.74 Å². The Morgan fingerprint density at radius 2 is 1.88 bits per heavy atom. The second-order valence-corrected chi connectivity index (χ2v) is 6.49. The summed E-state index contributed by atoms with van der Waals surface area (Å²) in [6.45, 7) is 4.94. The molecular formula is C20H22N2O3. The van der Waals surface area contributed by atoms with Gasteiger partial charge in [0, 0.05) is 0 Å². The average molecular weight is 338 g/mol. The molecule has 0 aliphatic heterocycles. The van der Waals surface area contributed by atoms with Gasteiger partial charge in [0.15, 0.2) is 6.61 Å². The number of ether oxygens (including phenoxy) is 1. The number of esters is 1. The number of benzene rings is 2. The van der Waals surface area contributed by atoms with Crippen LogP contribution in [0, 0.1) is 17.2 Å². The number of rotatable bonds is 6. The molecule has 5 nitrogen and oxygen atoms in total. The molecule has 2 aromatic rings. The Labute approximate surface area is 147 Å². The quantitative estimate of drug-likeness (QED) is 0.821. The number of hydrogen-bond donors (Lipinski definition) is 1. The molecule has 0 saturated carbocycles. The van der Waals surface area contributed by atoms with Crippen LogP contribution in [0.1, 0.15) is 26.3 Å². The Morgan fingerprint density at radius 3 is 2.56 bits per heavy atom. The van der Waals surface area contributed by atoms with Crippen LogP contribution >= 0.6 is 0 Å². The van der Waals surface area contributed by atoms with Gasteiger partial charge in [-0.25, -0.2) is 0 Å². The summed E-state index contributed by atoms with van der Waals surface area (Å²) in [4.78, 5) is 24.0. The largest absolute Gasteiger partial charge is 0.455 e. The van der Waals surface area contributed by atoms with E-state index >= 15 is 0 Å². The summed E-state index contributed by atoms with van der Waals surface area (Å²) in [6.07, 6.45) is 0.0916. The summed E-state index contributed by atoms with van der Waals surface area (Å²) >= 11 is 0.